The van der Waals surface area contributed by atoms with E-state index in [1.807, 2.05) is 0 Å². The normalized spacial score (nSPS) is 13.3. The van der Waals surface area contributed by atoms with E-state index in [2.05, 4.69) is 5.32 Å². The summed E-state index contributed by atoms with van der Waals surface area (Å²) in [6.07, 6.45) is -0.301. The van der Waals surface area contributed by atoms with E-state index in [4.69, 9.17) is 28.3 Å². The second-order valence-electron chi connectivity index (χ2n) is 4.58. The van der Waals surface area contributed by atoms with Crippen molar-refractivity contribution in [3.8, 4) is 0 Å². The molecule has 0 aliphatic heterocycles. The molecule has 0 saturated heterocycles. The summed E-state index contributed by atoms with van der Waals surface area (Å²) in [4.78, 5) is 32.3. The first-order valence-electron chi connectivity index (χ1n) is 4.90. The fraction of sp³-hybridized carbons (Fsp3) is 0.700. The molecule has 0 spiro atoms. The lowest BCUT2D eigenvalue weighted by Crippen LogP contribution is -2.45. The second kappa shape index (κ2) is 6.21. The second-order valence-corrected chi connectivity index (χ2v) is 5.67. The number of hydrogen-bond donors (Lipinski definition) is 2. The number of halogens is 2. The monoisotopic (exact) mass is 283 g/mol. The van der Waals surface area contributed by atoms with Crippen molar-refractivity contribution < 1.29 is 19.5 Å². The summed E-state index contributed by atoms with van der Waals surface area (Å²) >= 11 is 10.6. The topological polar surface area (TPSA) is 83.5 Å². The first-order valence-corrected chi connectivity index (χ1v) is 5.77. The maximum Gasteiger partial charge on any atom is 0.326 e. The number of carboxylic acid groups (broad SMARTS) is 1. The van der Waals surface area contributed by atoms with Crippen LogP contribution in [-0.2, 0) is 14.4 Å². The quantitative estimate of drug-likeness (QED) is 0.747. The Hall–Kier alpha value is -0.810. The van der Waals surface area contributed by atoms with Gasteiger partial charge in [-0.3, -0.25) is 9.59 Å². The van der Waals surface area contributed by atoms with Crippen LogP contribution >= 0.6 is 23.2 Å². The zero-order valence-electron chi connectivity index (χ0n) is 9.79. The van der Waals surface area contributed by atoms with E-state index >= 15 is 0 Å². The lowest BCUT2D eigenvalue weighted by atomic mass is 9.87. The van der Waals surface area contributed by atoms with Crippen molar-refractivity contribution in [2.24, 2.45) is 5.41 Å². The Morgan fingerprint density at radius 2 is 1.71 bits per heavy atom. The molecule has 0 aromatic heterocycles. The van der Waals surface area contributed by atoms with Crippen molar-refractivity contribution in [1.82, 2.24) is 5.32 Å². The van der Waals surface area contributed by atoms with E-state index in [0.717, 1.165) is 0 Å². The molecule has 1 unspecified atom stereocenters. The van der Waals surface area contributed by atoms with Crippen LogP contribution in [0.4, 0.5) is 0 Å². The predicted molar refractivity (Wildman–Crippen MR) is 64.1 cm³/mol. The minimum atomic E-state index is -1.36. The van der Waals surface area contributed by atoms with Crippen LogP contribution in [0, 0.1) is 5.41 Å². The largest absolute Gasteiger partial charge is 0.480 e. The Balaban J connectivity index is 4.62. The van der Waals surface area contributed by atoms with E-state index in [1.54, 1.807) is 20.8 Å². The molecule has 0 aromatic rings. The molecule has 7 heteroatoms. The number of carbonyl (C=O) groups excluding carboxylic acids is 2. The minimum absolute atomic E-state index is 0.272. The molecule has 0 saturated carbocycles. The van der Waals surface area contributed by atoms with Gasteiger partial charge in [-0.25, -0.2) is 4.79 Å². The molecule has 0 bridgehead atoms. The van der Waals surface area contributed by atoms with Crippen LogP contribution < -0.4 is 5.32 Å². The Labute approximate surface area is 109 Å². The molecule has 0 rings (SSSR count). The van der Waals surface area contributed by atoms with Crippen LogP contribution in [0.5, 0.6) is 0 Å². The summed E-state index contributed by atoms with van der Waals surface area (Å²) < 4.78 is 0. The van der Waals surface area contributed by atoms with E-state index in [-0.39, 0.29) is 12.2 Å². The van der Waals surface area contributed by atoms with Gasteiger partial charge in [0.2, 0.25) is 0 Å². The van der Waals surface area contributed by atoms with E-state index in [1.165, 1.54) is 0 Å². The van der Waals surface area contributed by atoms with Gasteiger partial charge in [0.25, 0.3) is 5.91 Å². The fourth-order valence-corrected chi connectivity index (χ4v) is 1.05. The smallest absolute Gasteiger partial charge is 0.326 e. The van der Waals surface area contributed by atoms with Crippen LogP contribution in [-0.4, -0.2) is 33.6 Å². The predicted octanol–water partition coefficient (Wildman–Crippen LogP) is 1.36. The number of aliphatic carboxylic acids is 1. The van der Waals surface area contributed by atoms with Crippen molar-refractivity contribution in [2.45, 2.75) is 38.1 Å². The van der Waals surface area contributed by atoms with Gasteiger partial charge in [0.05, 0.1) is 0 Å². The van der Waals surface area contributed by atoms with Gasteiger partial charge in [-0.15, -0.1) is 0 Å². The maximum absolute atomic E-state index is 11.7. The highest BCUT2D eigenvalue weighted by atomic mass is 35.5. The molecule has 0 heterocycles. The SMILES string of the molecule is CC(C)(C)C(=O)CC(NC(=O)C(Cl)Cl)C(=O)O. The van der Waals surface area contributed by atoms with Crippen LogP contribution in [0.1, 0.15) is 27.2 Å². The number of rotatable bonds is 5. The van der Waals surface area contributed by atoms with Crippen molar-refractivity contribution in [3.05, 3.63) is 0 Å². The number of amides is 1. The molecule has 0 fully saturated rings. The number of carboxylic acids is 1. The molecule has 98 valence electrons. The lowest BCUT2D eigenvalue weighted by molar-refractivity contribution is -0.144. The van der Waals surface area contributed by atoms with Gasteiger partial charge < -0.3 is 10.4 Å². The summed E-state index contributed by atoms with van der Waals surface area (Å²) in [5.41, 5.74) is -0.667. The van der Waals surface area contributed by atoms with Crippen LogP contribution in [0.3, 0.4) is 0 Å². The highest BCUT2D eigenvalue weighted by Crippen LogP contribution is 2.18. The number of nitrogens with one attached hydrogen (secondary N) is 1. The van der Waals surface area contributed by atoms with E-state index < -0.39 is 28.2 Å². The number of hydrogen-bond acceptors (Lipinski definition) is 3. The molecular formula is C10H15Cl2NO4. The highest BCUT2D eigenvalue weighted by Gasteiger charge is 2.30. The third kappa shape index (κ3) is 5.89. The maximum atomic E-state index is 11.7. The molecule has 0 aliphatic rings. The Bertz CT molecular complexity index is 323. The van der Waals surface area contributed by atoms with Crippen molar-refractivity contribution in [3.63, 3.8) is 0 Å². The Kier molecular flexibility index (Phi) is 5.92. The lowest BCUT2D eigenvalue weighted by Gasteiger charge is -2.20. The van der Waals surface area contributed by atoms with Gasteiger partial charge >= 0.3 is 5.97 Å². The van der Waals surface area contributed by atoms with Crippen LogP contribution in [0.15, 0.2) is 0 Å². The molecular weight excluding hydrogens is 269 g/mol. The zero-order chi connectivity index (χ0) is 13.8. The Morgan fingerprint density at radius 1 is 1.24 bits per heavy atom. The van der Waals surface area contributed by atoms with Gasteiger partial charge in [0, 0.05) is 11.8 Å². The summed E-state index contributed by atoms with van der Waals surface area (Å²) in [6.45, 7) is 5.01. The number of Topliss-reactive ketones (excluding diaryl/α,β-unsaturated/α-hetero) is 1. The van der Waals surface area contributed by atoms with Crippen LogP contribution in [0.25, 0.3) is 0 Å². The number of alkyl halides is 2. The molecule has 1 amide bonds. The average Bonchev–Trinajstić information content (AvgIpc) is 2.14. The van der Waals surface area contributed by atoms with Gasteiger partial charge in [0.1, 0.15) is 11.8 Å². The average molecular weight is 284 g/mol. The number of carbonyl (C=O) groups is 3. The molecule has 17 heavy (non-hydrogen) atoms. The molecule has 2 N–H and O–H groups in total. The first kappa shape index (κ1) is 16.2. The summed E-state index contributed by atoms with van der Waals surface area (Å²) in [7, 11) is 0. The summed E-state index contributed by atoms with van der Waals surface area (Å²) in [5, 5.41) is 11.0. The van der Waals surface area contributed by atoms with E-state index in [0.29, 0.717) is 0 Å². The van der Waals surface area contributed by atoms with Gasteiger partial charge in [0.15, 0.2) is 4.84 Å². The molecule has 1 atom stereocenters. The highest BCUT2D eigenvalue weighted by molar-refractivity contribution is 6.53. The number of ketones is 1. The standard InChI is InChI=1S/C10H15Cl2NO4/c1-10(2,3)6(14)4-5(9(16)17)13-8(15)7(11)12/h5,7H,4H2,1-3H3,(H,13,15)(H,16,17). The molecule has 5 nitrogen and oxygen atoms in total. The van der Waals surface area contributed by atoms with Crippen molar-refractivity contribution >= 4 is 40.9 Å². The van der Waals surface area contributed by atoms with Gasteiger partial charge in [-0.1, -0.05) is 44.0 Å². The third-order valence-corrected chi connectivity index (χ3v) is 2.44. The fourth-order valence-electron chi connectivity index (χ4n) is 0.926. The third-order valence-electron chi connectivity index (χ3n) is 2.04. The summed E-state index contributed by atoms with van der Waals surface area (Å²) in [6, 6.07) is -1.31. The minimum Gasteiger partial charge on any atom is -0.480 e. The van der Waals surface area contributed by atoms with Gasteiger partial charge in [-0.2, -0.15) is 0 Å². The Morgan fingerprint density at radius 3 is 2.00 bits per heavy atom. The van der Waals surface area contributed by atoms with Crippen LogP contribution in [0.2, 0.25) is 0 Å². The zero-order valence-corrected chi connectivity index (χ0v) is 11.3. The van der Waals surface area contributed by atoms with E-state index in [9.17, 15) is 14.4 Å². The molecule has 0 aromatic carbocycles. The van der Waals surface area contributed by atoms with Crippen molar-refractivity contribution in [1.29, 1.82) is 0 Å². The van der Waals surface area contributed by atoms with Gasteiger partial charge in [-0.05, 0) is 0 Å². The van der Waals surface area contributed by atoms with Crippen molar-refractivity contribution in [2.75, 3.05) is 0 Å². The molecule has 0 aliphatic carbocycles. The molecule has 0 radical (unpaired) electrons. The summed E-state index contributed by atoms with van der Waals surface area (Å²) in [5.74, 6) is -2.40. The first-order chi connectivity index (χ1) is 7.55.